The van der Waals surface area contributed by atoms with E-state index in [0.717, 1.165) is 33.4 Å². The van der Waals surface area contributed by atoms with Crippen molar-refractivity contribution in [3.63, 3.8) is 0 Å². The Labute approximate surface area is 306 Å². The summed E-state index contributed by atoms with van der Waals surface area (Å²) in [6.07, 6.45) is 1.64. The number of aryl methyl sites for hydroxylation is 4. The molecule has 2 N–H and O–H groups in total. The van der Waals surface area contributed by atoms with Crippen LogP contribution in [0.15, 0.2) is 24.3 Å². The number of benzene rings is 2. The number of rotatable bonds is 12. The Kier molecular flexibility index (Phi) is 12.3. The third-order valence-corrected chi connectivity index (χ3v) is 10.5. The molecule has 0 radical (unpaired) electrons. The molecule has 284 valence electrons. The van der Waals surface area contributed by atoms with Crippen LogP contribution in [0.1, 0.15) is 128 Å². The molecule has 2 heterocycles. The van der Waals surface area contributed by atoms with Crippen LogP contribution in [0.3, 0.4) is 0 Å². The predicted octanol–water partition coefficient (Wildman–Crippen LogP) is 8.58. The first-order valence-corrected chi connectivity index (χ1v) is 18.6. The second kappa shape index (κ2) is 15.3. The summed E-state index contributed by atoms with van der Waals surface area (Å²) < 4.78 is 25.0. The summed E-state index contributed by atoms with van der Waals surface area (Å²) in [7, 11) is 0. The van der Waals surface area contributed by atoms with E-state index in [1.165, 1.54) is 0 Å². The number of phenolic OH excluding ortho intramolecular Hbond substituents is 2. The largest absolute Gasteiger partial charge is 0.507 e. The minimum absolute atomic E-state index is 0.146. The molecule has 2 saturated heterocycles. The maximum atomic E-state index is 13.2. The monoisotopic (exact) mass is 708 g/mol. The van der Waals surface area contributed by atoms with Crippen LogP contribution in [0.25, 0.3) is 0 Å². The molecule has 0 aromatic heterocycles. The first-order chi connectivity index (χ1) is 23.4. The standard InChI is InChI=1S/C43H64O8/c1-27-17-29(19-33(35(27)46)39(3,4)5)13-15-31(44)21-41(9,10)37-48-23-43(24-49-37)25-50-38(51-26-43)42(11,12)22-32(45)16-14-30-18-28(2)36(47)34(20-30)40(6,7)8/h17-20,37-38,46-47H,13-16,21-26H2,1-12H3. The van der Waals surface area contributed by atoms with Crippen molar-refractivity contribution in [2.45, 2.75) is 145 Å². The number of carbonyl (C=O) groups excluding carboxylic acids is 2. The Morgan fingerprint density at radius 1 is 0.608 bits per heavy atom. The molecule has 4 rings (SSSR count). The van der Waals surface area contributed by atoms with E-state index in [1.54, 1.807) is 0 Å². The average Bonchev–Trinajstić information content (AvgIpc) is 3.01. The quantitative estimate of drug-likeness (QED) is 0.226. The molecule has 8 nitrogen and oxygen atoms in total. The van der Waals surface area contributed by atoms with Gasteiger partial charge in [0.15, 0.2) is 12.6 Å². The lowest BCUT2D eigenvalue weighted by Gasteiger charge is -2.48. The Hall–Kier alpha value is -2.78. The zero-order valence-electron chi connectivity index (χ0n) is 33.4. The van der Waals surface area contributed by atoms with E-state index in [-0.39, 0.29) is 22.4 Å². The summed E-state index contributed by atoms with van der Waals surface area (Å²) in [5, 5.41) is 21.1. The van der Waals surface area contributed by atoms with Crippen LogP contribution < -0.4 is 0 Å². The Balaban J connectivity index is 1.24. The van der Waals surface area contributed by atoms with Crippen molar-refractivity contribution in [3.8, 4) is 11.5 Å². The Morgan fingerprint density at radius 2 is 0.922 bits per heavy atom. The molecule has 2 aliphatic heterocycles. The summed E-state index contributed by atoms with van der Waals surface area (Å²) in [4.78, 5) is 26.3. The topological polar surface area (TPSA) is 112 Å². The lowest BCUT2D eigenvalue weighted by molar-refractivity contribution is -0.333. The number of phenols is 2. The maximum absolute atomic E-state index is 13.2. The van der Waals surface area contributed by atoms with E-state index >= 15 is 0 Å². The zero-order chi connectivity index (χ0) is 38.2. The molecule has 0 bridgehead atoms. The molecule has 2 aromatic carbocycles. The Morgan fingerprint density at radius 3 is 1.22 bits per heavy atom. The smallest absolute Gasteiger partial charge is 0.163 e. The second-order valence-electron chi connectivity index (χ2n) is 18.9. The fourth-order valence-electron chi connectivity index (χ4n) is 7.33. The molecule has 0 aliphatic carbocycles. The normalized spacial score (nSPS) is 22.0. The third-order valence-electron chi connectivity index (χ3n) is 10.5. The van der Waals surface area contributed by atoms with E-state index in [0.29, 0.717) is 76.5 Å². The average molecular weight is 709 g/mol. The van der Waals surface area contributed by atoms with Crippen molar-refractivity contribution >= 4 is 11.6 Å². The van der Waals surface area contributed by atoms with Gasteiger partial charge >= 0.3 is 0 Å². The fourth-order valence-corrected chi connectivity index (χ4v) is 7.33. The number of ether oxygens (including phenoxy) is 4. The molecule has 0 unspecified atom stereocenters. The molecule has 51 heavy (non-hydrogen) atoms. The van der Waals surface area contributed by atoms with Gasteiger partial charge in [-0.2, -0.15) is 0 Å². The van der Waals surface area contributed by atoms with Gasteiger partial charge in [0.25, 0.3) is 0 Å². The lowest BCUT2D eigenvalue weighted by Crippen LogP contribution is -2.56. The highest BCUT2D eigenvalue weighted by molar-refractivity contribution is 5.80. The minimum atomic E-state index is -0.529. The van der Waals surface area contributed by atoms with E-state index in [1.807, 2.05) is 65.8 Å². The summed E-state index contributed by atoms with van der Waals surface area (Å²) in [5.74, 6) is 0.947. The molecule has 0 saturated carbocycles. The van der Waals surface area contributed by atoms with Crippen molar-refractivity contribution in [3.05, 3.63) is 57.6 Å². The first-order valence-electron chi connectivity index (χ1n) is 18.6. The van der Waals surface area contributed by atoms with Gasteiger partial charge in [-0.3, -0.25) is 9.59 Å². The lowest BCUT2D eigenvalue weighted by atomic mass is 9.81. The zero-order valence-corrected chi connectivity index (χ0v) is 33.4. The fraction of sp³-hybridized carbons (Fsp3) is 0.674. The summed E-state index contributed by atoms with van der Waals surface area (Å²) in [6.45, 7) is 25.9. The van der Waals surface area contributed by atoms with Gasteiger partial charge in [-0.25, -0.2) is 0 Å². The van der Waals surface area contributed by atoms with Gasteiger partial charge in [0.2, 0.25) is 0 Å². The van der Waals surface area contributed by atoms with Crippen molar-refractivity contribution in [1.29, 1.82) is 0 Å². The van der Waals surface area contributed by atoms with Gasteiger partial charge in [-0.1, -0.05) is 93.5 Å². The van der Waals surface area contributed by atoms with E-state index < -0.39 is 28.8 Å². The first kappa shape index (κ1) is 41.0. The highest BCUT2D eigenvalue weighted by Gasteiger charge is 2.48. The SMILES string of the molecule is Cc1cc(CCC(=O)CC(C)(C)C2OCC3(CO2)COC(C(C)(C)CC(=O)CCc2cc(C)c(O)c(C(C)(C)C)c2)OC3)cc(C(C)(C)C)c1O. The van der Waals surface area contributed by atoms with Gasteiger partial charge < -0.3 is 29.2 Å². The summed E-state index contributed by atoms with van der Waals surface area (Å²) in [5.41, 5.74) is 3.68. The molecule has 2 aromatic rings. The van der Waals surface area contributed by atoms with Crippen LogP contribution >= 0.6 is 0 Å². The van der Waals surface area contributed by atoms with E-state index in [4.69, 9.17) is 18.9 Å². The van der Waals surface area contributed by atoms with Crippen LogP contribution in [0.4, 0.5) is 0 Å². The summed E-state index contributed by atoms with van der Waals surface area (Å²) >= 11 is 0. The van der Waals surface area contributed by atoms with Crippen molar-refractivity contribution < 1.29 is 38.7 Å². The second-order valence-corrected chi connectivity index (χ2v) is 18.9. The maximum Gasteiger partial charge on any atom is 0.163 e. The molecule has 0 amide bonds. The third kappa shape index (κ3) is 10.2. The molecule has 2 aliphatic rings. The molecular weight excluding hydrogens is 644 g/mol. The number of hydrogen-bond acceptors (Lipinski definition) is 8. The molecular formula is C43H64O8. The van der Waals surface area contributed by atoms with Crippen molar-refractivity contribution in [1.82, 2.24) is 0 Å². The highest BCUT2D eigenvalue weighted by Crippen LogP contribution is 2.41. The van der Waals surface area contributed by atoms with Crippen molar-refractivity contribution in [2.24, 2.45) is 16.2 Å². The van der Waals surface area contributed by atoms with Crippen LogP contribution in [0, 0.1) is 30.1 Å². The van der Waals surface area contributed by atoms with Gasteiger partial charge in [-0.05, 0) is 70.9 Å². The van der Waals surface area contributed by atoms with Crippen molar-refractivity contribution in [2.75, 3.05) is 26.4 Å². The summed E-state index contributed by atoms with van der Waals surface area (Å²) in [6, 6.07) is 7.98. The number of hydrogen-bond donors (Lipinski definition) is 2. The van der Waals surface area contributed by atoms with Gasteiger partial charge in [-0.15, -0.1) is 0 Å². The number of aromatic hydroxyl groups is 2. The molecule has 1 spiro atoms. The molecule has 8 heteroatoms. The molecule has 0 atom stereocenters. The number of carbonyl (C=O) groups is 2. The van der Waals surface area contributed by atoms with E-state index in [2.05, 4.69) is 41.5 Å². The van der Waals surface area contributed by atoms with Gasteiger partial charge in [0.1, 0.15) is 23.1 Å². The van der Waals surface area contributed by atoms with Gasteiger partial charge in [0.05, 0.1) is 31.8 Å². The van der Waals surface area contributed by atoms with Crippen LogP contribution in [-0.4, -0.2) is 60.8 Å². The van der Waals surface area contributed by atoms with Crippen LogP contribution in [0.5, 0.6) is 11.5 Å². The highest BCUT2D eigenvalue weighted by atomic mass is 16.7. The van der Waals surface area contributed by atoms with Crippen LogP contribution in [-0.2, 0) is 52.2 Å². The number of Topliss-reactive ketones (excluding diaryl/α,β-unsaturated/α-hetero) is 2. The number of ketones is 2. The predicted molar refractivity (Wildman–Crippen MR) is 200 cm³/mol. The van der Waals surface area contributed by atoms with Gasteiger partial charge in [0, 0.05) is 36.5 Å². The van der Waals surface area contributed by atoms with Crippen LogP contribution in [0.2, 0.25) is 0 Å². The Bertz CT molecular complexity index is 1430. The van der Waals surface area contributed by atoms with E-state index in [9.17, 15) is 19.8 Å². The molecule has 2 fully saturated rings. The minimum Gasteiger partial charge on any atom is -0.507 e.